The van der Waals surface area contributed by atoms with E-state index in [9.17, 15) is 44.4 Å². The first-order chi connectivity index (χ1) is 22.2. The third kappa shape index (κ3) is 3.81. The van der Waals surface area contributed by atoms with Gasteiger partial charge in [-0.15, -0.1) is 0 Å². The van der Waals surface area contributed by atoms with Crippen LogP contribution in [-0.4, -0.2) is 98.6 Å². The number of ether oxygens (including phenoxy) is 5. The van der Waals surface area contributed by atoms with E-state index in [1.165, 1.54) is 32.4 Å². The van der Waals surface area contributed by atoms with Crippen LogP contribution in [0.25, 0.3) is 0 Å². The Morgan fingerprint density at radius 3 is 2.19 bits per heavy atom. The number of fused-ring (bicyclic) bond motifs is 5. The normalized spacial score (nSPS) is 45.9. The minimum atomic E-state index is -2.87. The Bertz CT molecular complexity index is 1620. The monoisotopic (exact) mass is 676 g/mol. The quantitative estimate of drug-likeness (QED) is 0.236. The molecule has 15 nitrogen and oxygen atoms in total. The van der Waals surface area contributed by atoms with Gasteiger partial charge in [-0.1, -0.05) is 13.8 Å². The van der Waals surface area contributed by atoms with E-state index in [2.05, 4.69) is 0 Å². The predicted molar refractivity (Wildman–Crippen MR) is 156 cm³/mol. The van der Waals surface area contributed by atoms with Crippen molar-refractivity contribution in [3.8, 4) is 0 Å². The second-order valence-corrected chi connectivity index (χ2v) is 14.5. The van der Waals surface area contributed by atoms with Crippen LogP contribution in [0.5, 0.6) is 0 Å². The molecule has 4 saturated carbocycles. The van der Waals surface area contributed by atoms with Gasteiger partial charge in [0, 0.05) is 55.6 Å². The molecule has 4 fully saturated rings. The summed E-state index contributed by atoms with van der Waals surface area (Å²) in [6.45, 7) is 7.74. The zero-order chi connectivity index (χ0) is 35.6. The first kappa shape index (κ1) is 34.1. The molecule has 2 heterocycles. The largest absolute Gasteiger partial charge is 0.472 e. The van der Waals surface area contributed by atoms with E-state index in [1.54, 1.807) is 6.92 Å². The van der Waals surface area contributed by atoms with Gasteiger partial charge in [0.1, 0.15) is 29.5 Å². The molecular formula is C33H40O15. The number of carbonyl (C=O) groups is 5. The third-order valence-corrected chi connectivity index (χ3v) is 12.3. The molecule has 1 aromatic heterocycles. The van der Waals surface area contributed by atoms with Gasteiger partial charge < -0.3 is 48.5 Å². The standard InChI is InChI=1S/C33H40O15/c1-14(34)45-19-11-32(41)30(6)23(22(27(39)43-7)46-15(2)35)28(4)13-31(30,40)21(26(28)47-16(3)36)24(38)33(32,42)18-10-20(37)48-25(29(18,19)5)17-8-9-44-12-17/h8-10,12,19,21-26,38,40-42H,11,13H2,1-7H3/t19-,21-,22+,23-,24-,25-,26+,28+,29-,30+,31-,32-,33+/m0/s1. The fourth-order valence-electron chi connectivity index (χ4n) is 10.7. The van der Waals surface area contributed by atoms with Gasteiger partial charge in [-0.2, -0.15) is 0 Å². The maximum absolute atomic E-state index is 13.5. The molecule has 0 amide bonds. The lowest BCUT2D eigenvalue weighted by Crippen LogP contribution is -2.88. The van der Waals surface area contributed by atoms with E-state index in [0.29, 0.717) is 5.56 Å². The van der Waals surface area contributed by atoms with Crippen LogP contribution >= 0.6 is 0 Å². The number of hydrogen-bond acceptors (Lipinski definition) is 15. The Kier molecular flexibility index (Phi) is 7.36. The Balaban J connectivity index is 1.69. The molecule has 1 aromatic rings. The highest BCUT2D eigenvalue weighted by Crippen LogP contribution is 2.82. The van der Waals surface area contributed by atoms with E-state index < -0.39 is 112 Å². The van der Waals surface area contributed by atoms with Gasteiger partial charge in [-0.05, 0) is 25.0 Å². The minimum Gasteiger partial charge on any atom is -0.472 e. The van der Waals surface area contributed by atoms with Gasteiger partial charge >= 0.3 is 29.8 Å². The lowest BCUT2D eigenvalue weighted by Gasteiger charge is -2.74. The van der Waals surface area contributed by atoms with Gasteiger partial charge in [0.15, 0.2) is 0 Å². The number of hydrogen-bond donors (Lipinski definition) is 4. The van der Waals surface area contributed by atoms with Crippen molar-refractivity contribution >= 4 is 29.8 Å². The summed E-state index contributed by atoms with van der Waals surface area (Å²) >= 11 is 0. The van der Waals surface area contributed by atoms with E-state index >= 15 is 0 Å². The molecule has 48 heavy (non-hydrogen) atoms. The number of methoxy groups -OCH3 is 1. The maximum Gasteiger partial charge on any atom is 0.347 e. The lowest BCUT2D eigenvalue weighted by molar-refractivity contribution is -0.384. The molecule has 4 N–H and O–H groups in total. The molecule has 6 rings (SSSR count). The van der Waals surface area contributed by atoms with Crippen molar-refractivity contribution in [1.82, 2.24) is 0 Å². The van der Waals surface area contributed by atoms with Gasteiger partial charge in [0.2, 0.25) is 6.10 Å². The molecule has 262 valence electrons. The van der Waals surface area contributed by atoms with E-state index in [-0.39, 0.29) is 12.0 Å². The highest BCUT2D eigenvalue weighted by molar-refractivity contribution is 5.86. The Morgan fingerprint density at radius 1 is 1.00 bits per heavy atom. The average molecular weight is 677 g/mol. The Hall–Kier alpha value is -3.79. The van der Waals surface area contributed by atoms with Crippen LogP contribution in [0.3, 0.4) is 0 Å². The summed E-state index contributed by atoms with van der Waals surface area (Å²) < 4.78 is 33.1. The third-order valence-electron chi connectivity index (χ3n) is 12.3. The predicted octanol–water partition coefficient (Wildman–Crippen LogP) is 0.412. The first-order valence-electron chi connectivity index (χ1n) is 15.6. The zero-order valence-electron chi connectivity index (χ0n) is 27.5. The van der Waals surface area contributed by atoms with Gasteiger partial charge in [0.05, 0.1) is 42.7 Å². The molecule has 1 aliphatic heterocycles. The first-order valence-corrected chi connectivity index (χ1v) is 15.6. The molecular weight excluding hydrogens is 636 g/mol. The van der Waals surface area contributed by atoms with Gasteiger partial charge in [-0.3, -0.25) is 14.4 Å². The van der Waals surface area contributed by atoms with Crippen molar-refractivity contribution in [2.75, 3.05) is 7.11 Å². The highest BCUT2D eigenvalue weighted by Gasteiger charge is 2.93. The number of esters is 5. The van der Waals surface area contributed by atoms with Crippen molar-refractivity contribution in [3.05, 3.63) is 35.8 Å². The van der Waals surface area contributed by atoms with Crippen LogP contribution < -0.4 is 0 Å². The lowest BCUT2D eigenvalue weighted by atomic mass is 9.35. The zero-order valence-corrected chi connectivity index (χ0v) is 27.5. The summed E-state index contributed by atoms with van der Waals surface area (Å²) in [6, 6.07) is 1.50. The summed E-state index contributed by atoms with van der Waals surface area (Å²) in [5.74, 6) is -7.55. The molecule has 0 radical (unpaired) electrons. The minimum absolute atomic E-state index is 0.295. The highest BCUT2D eigenvalue weighted by atomic mass is 16.6. The number of aliphatic hydroxyl groups excluding tert-OH is 1. The van der Waals surface area contributed by atoms with Crippen LogP contribution in [0.2, 0.25) is 0 Å². The maximum atomic E-state index is 13.5. The molecule has 0 unspecified atom stereocenters. The molecule has 0 spiro atoms. The van der Waals surface area contributed by atoms with Crippen LogP contribution in [-0.2, 0) is 47.7 Å². The summed E-state index contributed by atoms with van der Waals surface area (Å²) in [7, 11) is 1.05. The van der Waals surface area contributed by atoms with Crippen LogP contribution in [0, 0.1) is 28.1 Å². The number of furan rings is 1. The summed E-state index contributed by atoms with van der Waals surface area (Å²) in [6.07, 6.45) is -5.51. The number of carbonyl (C=O) groups excluding carboxylic acids is 5. The molecule has 0 aromatic carbocycles. The van der Waals surface area contributed by atoms with Crippen molar-refractivity contribution < 1.29 is 72.5 Å². The molecule has 0 saturated heterocycles. The number of cyclic esters (lactones) is 1. The van der Waals surface area contributed by atoms with Crippen LogP contribution in [0.15, 0.2) is 34.7 Å². The molecule has 4 aliphatic carbocycles. The van der Waals surface area contributed by atoms with Crippen molar-refractivity contribution in [2.24, 2.45) is 28.1 Å². The Labute approximate surface area is 275 Å². The van der Waals surface area contributed by atoms with Crippen molar-refractivity contribution in [1.29, 1.82) is 0 Å². The Morgan fingerprint density at radius 2 is 1.65 bits per heavy atom. The van der Waals surface area contributed by atoms with E-state index in [0.717, 1.165) is 34.0 Å². The summed E-state index contributed by atoms with van der Waals surface area (Å²) in [4.78, 5) is 64.5. The molecule has 13 atom stereocenters. The fraction of sp³-hybridized carbons (Fsp3) is 0.667. The second-order valence-electron chi connectivity index (χ2n) is 14.5. The van der Waals surface area contributed by atoms with Gasteiger partial charge in [-0.25, -0.2) is 9.59 Å². The second kappa shape index (κ2) is 10.4. The molecule has 15 heteroatoms. The number of rotatable bonds is 6. The average Bonchev–Trinajstić information content (AvgIpc) is 3.64. The van der Waals surface area contributed by atoms with E-state index in [1.807, 2.05) is 0 Å². The van der Waals surface area contributed by atoms with E-state index in [4.69, 9.17) is 28.1 Å². The van der Waals surface area contributed by atoms with Gasteiger partial charge in [0.25, 0.3) is 0 Å². The summed E-state index contributed by atoms with van der Waals surface area (Å²) in [5.41, 5.74) is -13.1. The fourth-order valence-corrected chi connectivity index (χ4v) is 10.7. The SMILES string of the molecule is COC(=O)[C@H](OC(C)=O)[C@H]1[C@@]2(C)C[C@]3(O)[C@H]([C@H]2OC(C)=O)[C@H](O)[C@]2(O)C4=CC(=O)O[C@@H](c5ccoc5)[C@]4(C)[C@@H](OC(C)=O)C[C@]2(O)[C@]13C. The van der Waals surface area contributed by atoms with Crippen molar-refractivity contribution in [3.63, 3.8) is 0 Å². The van der Waals surface area contributed by atoms with Crippen LogP contribution in [0.1, 0.15) is 66.1 Å². The molecule has 2 bridgehead atoms. The van der Waals surface area contributed by atoms with Crippen LogP contribution in [0.4, 0.5) is 0 Å². The summed E-state index contributed by atoms with van der Waals surface area (Å²) in [5, 5.41) is 51.8. The topological polar surface area (TPSA) is 226 Å². The van der Waals surface area contributed by atoms with Crippen molar-refractivity contribution in [2.45, 2.75) is 102 Å². The molecule has 5 aliphatic rings. The smallest absolute Gasteiger partial charge is 0.347 e. The number of aliphatic hydroxyl groups is 4.